The smallest absolute Gasteiger partial charge is 0.449 e. The van der Waals surface area contributed by atoms with Gasteiger partial charge in [-0.15, -0.1) is 0 Å². The molecule has 0 atom stereocenters. The number of fused-ring (bicyclic) bond motifs is 2. The lowest BCUT2D eigenvalue weighted by Gasteiger charge is -2.27. The molecule has 2 aliphatic heterocycles. The largest absolute Gasteiger partial charge is 0.465 e. The first-order valence-electron chi connectivity index (χ1n) is 10.2. The molecule has 35 heavy (non-hydrogen) atoms. The number of carbonyl (C=O) groups is 3. The van der Waals surface area contributed by atoms with Crippen LogP contribution in [0.5, 0.6) is 0 Å². The Bertz CT molecular complexity index is 1170. The molecule has 4 heterocycles. The summed E-state index contributed by atoms with van der Waals surface area (Å²) >= 11 is 0. The number of aromatic nitrogens is 4. The van der Waals surface area contributed by atoms with E-state index in [1.54, 1.807) is 0 Å². The molecule has 192 valence electrons. The van der Waals surface area contributed by atoms with Crippen molar-refractivity contribution >= 4 is 17.7 Å². The molecule has 2 aliphatic rings. The summed E-state index contributed by atoms with van der Waals surface area (Å²) in [4.78, 5) is 41.0. The summed E-state index contributed by atoms with van der Waals surface area (Å²) in [5, 5.41) is 11.8. The molecule has 2 aromatic heterocycles. The van der Waals surface area contributed by atoms with Crippen LogP contribution in [0.1, 0.15) is 57.9 Å². The molecular weight excluding hydrogens is 490 g/mol. The van der Waals surface area contributed by atoms with Gasteiger partial charge in [-0.2, -0.15) is 26.3 Å². The van der Waals surface area contributed by atoms with Crippen LogP contribution in [0.2, 0.25) is 0 Å². The Hall–Kier alpha value is -3.43. The predicted molar refractivity (Wildman–Crippen MR) is 105 cm³/mol. The van der Waals surface area contributed by atoms with E-state index in [4.69, 9.17) is 5.11 Å². The fraction of sp³-hybridized carbons (Fsp3) is 0.526. The van der Waals surface area contributed by atoms with Crippen LogP contribution in [0.15, 0.2) is 0 Å². The summed E-state index contributed by atoms with van der Waals surface area (Å²) in [7, 11) is 0. The third-order valence-corrected chi connectivity index (χ3v) is 5.33. The van der Waals surface area contributed by atoms with E-state index in [9.17, 15) is 40.7 Å². The average Bonchev–Trinajstić information content (AvgIpc) is 3.33. The number of hydrogen-bond donors (Lipinski definition) is 2. The average molecular weight is 510 g/mol. The van der Waals surface area contributed by atoms with Crippen LogP contribution < -0.4 is 5.32 Å². The summed E-state index contributed by atoms with van der Waals surface area (Å²) in [6.07, 6.45) is -10.4. The van der Waals surface area contributed by atoms with E-state index in [0.717, 1.165) is 21.0 Å². The first kappa shape index (κ1) is 26.2. The quantitative estimate of drug-likeness (QED) is 0.471. The first-order valence-corrected chi connectivity index (χ1v) is 10.2. The number of nitrogens with zero attached hydrogens (tertiary/aromatic N) is 5. The minimum atomic E-state index is -4.67. The van der Waals surface area contributed by atoms with E-state index in [-0.39, 0.29) is 49.8 Å². The van der Waals surface area contributed by atoms with Crippen molar-refractivity contribution < 1.29 is 45.8 Å². The highest BCUT2D eigenvalue weighted by atomic mass is 19.4. The Balaban J connectivity index is 0.000000198. The van der Waals surface area contributed by atoms with E-state index in [2.05, 4.69) is 15.3 Å². The number of Topliss-reactive ketones (excluding diaryl/α,β-unsaturated/α-hetero) is 2. The maximum absolute atomic E-state index is 12.8. The van der Waals surface area contributed by atoms with Gasteiger partial charge in [0, 0.05) is 46.6 Å². The molecule has 16 heteroatoms. The lowest BCUT2D eigenvalue weighted by molar-refractivity contribution is -0.148. The summed E-state index contributed by atoms with van der Waals surface area (Å²) in [6, 6.07) is 0. The number of hydrogen-bond acceptors (Lipinski definition) is 6. The molecular formula is C19H20F6N6O4. The van der Waals surface area contributed by atoms with Crippen molar-refractivity contribution in [3.63, 3.8) is 0 Å². The van der Waals surface area contributed by atoms with Crippen molar-refractivity contribution in [3.05, 3.63) is 34.4 Å². The van der Waals surface area contributed by atoms with Crippen molar-refractivity contribution in [1.29, 1.82) is 0 Å². The van der Waals surface area contributed by atoms with Gasteiger partial charge < -0.3 is 24.5 Å². The Labute approximate surface area is 193 Å². The third-order valence-electron chi connectivity index (χ3n) is 5.33. The number of carbonyl (C=O) groups excluding carboxylic acids is 2. The SMILES string of the molecule is CC(=O)c1nc(C(F)(F)F)n2c1CN(C(=O)O)CC2.CC(=O)c1nc(C(F)(F)F)n2c1CNCC2. The van der Waals surface area contributed by atoms with Crippen LogP contribution in [0.3, 0.4) is 0 Å². The molecule has 0 radical (unpaired) electrons. The third kappa shape index (κ3) is 5.31. The first-order chi connectivity index (χ1) is 16.1. The second-order valence-corrected chi connectivity index (χ2v) is 7.75. The molecule has 0 spiro atoms. The van der Waals surface area contributed by atoms with Crippen molar-refractivity contribution in [2.75, 3.05) is 13.1 Å². The van der Waals surface area contributed by atoms with E-state index < -0.39 is 41.7 Å². The van der Waals surface area contributed by atoms with Gasteiger partial charge in [0.05, 0.1) is 17.9 Å². The molecule has 0 aliphatic carbocycles. The molecule has 0 aromatic carbocycles. The molecule has 0 fully saturated rings. The number of amides is 1. The molecule has 2 N–H and O–H groups in total. The normalized spacial score (nSPS) is 15.6. The highest BCUT2D eigenvalue weighted by Gasteiger charge is 2.41. The maximum atomic E-state index is 12.8. The molecule has 0 unspecified atom stereocenters. The van der Waals surface area contributed by atoms with Crippen molar-refractivity contribution in [2.45, 2.75) is 52.4 Å². The number of carboxylic acid groups (broad SMARTS) is 1. The van der Waals surface area contributed by atoms with Crippen LogP contribution >= 0.6 is 0 Å². The maximum Gasteiger partial charge on any atom is 0.449 e. The summed E-state index contributed by atoms with van der Waals surface area (Å²) < 4.78 is 78.2. The lowest BCUT2D eigenvalue weighted by atomic mass is 10.2. The van der Waals surface area contributed by atoms with Crippen LogP contribution in [-0.4, -0.2) is 59.9 Å². The van der Waals surface area contributed by atoms with Gasteiger partial charge in [0.1, 0.15) is 11.4 Å². The Morgan fingerprint density at radius 2 is 1.31 bits per heavy atom. The summed E-state index contributed by atoms with van der Waals surface area (Å²) in [6.45, 7) is 2.69. The number of ketones is 2. The predicted octanol–water partition coefficient (Wildman–Crippen LogP) is 2.81. The Morgan fingerprint density at radius 3 is 1.77 bits per heavy atom. The molecule has 4 rings (SSSR count). The fourth-order valence-electron chi connectivity index (χ4n) is 3.83. The highest BCUT2D eigenvalue weighted by molar-refractivity contribution is 5.94. The van der Waals surface area contributed by atoms with Gasteiger partial charge >= 0.3 is 18.4 Å². The number of alkyl halides is 6. The van der Waals surface area contributed by atoms with Gasteiger partial charge in [-0.1, -0.05) is 0 Å². The Morgan fingerprint density at radius 1 is 0.829 bits per heavy atom. The van der Waals surface area contributed by atoms with Crippen molar-refractivity contribution in [3.8, 4) is 0 Å². The van der Waals surface area contributed by atoms with E-state index in [1.807, 2.05) is 0 Å². The number of nitrogens with one attached hydrogen (secondary N) is 1. The molecule has 0 saturated heterocycles. The zero-order chi connectivity index (χ0) is 26.3. The zero-order valence-electron chi connectivity index (χ0n) is 18.4. The van der Waals surface area contributed by atoms with E-state index >= 15 is 0 Å². The molecule has 1 amide bonds. The van der Waals surface area contributed by atoms with Gasteiger partial charge in [-0.05, 0) is 0 Å². The lowest BCUT2D eigenvalue weighted by Crippen LogP contribution is -2.38. The minimum absolute atomic E-state index is 0.00604. The topological polar surface area (TPSA) is 122 Å². The van der Waals surface area contributed by atoms with Crippen LogP contribution in [0.4, 0.5) is 31.1 Å². The number of halogens is 6. The molecule has 2 aromatic rings. The van der Waals surface area contributed by atoms with E-state index in [1.165, 1.54) is 6.92 Å². The van der Waals surface area contributed by atoms with Gasteiger partial charge in [0.2, 0.25) is 11.6 Å². The number of rotatable bonds is 2. The van der Waals surface area contributed by atoms with Crippen LogP contribution in [0, 0.1) is 0 Å². The van der Waals surface area contributed by atoms with Gasteiger partial charge in [-0.3, -0.25) is 9.59 Å². The molecule has 0 bridgehead atoms. The second kappa shape index (κ2) is 9.31. The Kier molecular flexibility index (Phi) is 6.97. The van der Waals surface area contributed by atoms with Gasteiger partial charge in [0.25, 0.3) is 0 Å². The standard InChI is InChI=1S/C10H10F3N3O3.C9H10F3N3O/c1-5(17)7-6-4-15(9(18)19)2-3-16(6)8(14-7)10(11,12)13;1-5(16)7-6-4-13-2-3-15(6)8(14-7)9(10,11)12/h2-4H2,1H3,(H,18,19);13H,2-4H2,1H3. The highest BCUT2D eigenvalue weighted by Crippen LogP contribution is 2.33. The molecule has 0 saturated carbocycles. The van der Waals surface area contributed by atoms with Gasteiger partial charge in [0.15, 0.2) is 11.6 Å². The second-order valence-electron chi connectivity index (χ2n) is 7.75. The van der Waals surface area contributed by atoms with Crippen LogP contribution in [0.25, 0.3) is 0 Å². The van der Waals surface area contributed by atoms with Crippen molar-refractivity contribution in [1.82, 2.24) is 29.3 Å². The summed E-state index contributed by atoms with van der Waals surface area (Å²) in [5.74, 6) is -3.19. The van der Waals surface area contributed by atoms with Gasteiger partial charge in [-0.25, -0.2) is 14.8 Å². The monoisotopic (exact) mass is 510 g/mol. The van der Waals surface area contributed by atoms with E-state index in [0.29, 0.717) is 12.2 Å². The minimum Gasteiger partial charge on any atom is -0.465 e. The van der Waals surface area contributed by atoms with Crippen molar-refractivity contribution in [2.24, 2.45) is 0 Å². The number of imidazole rings is 2. The van der Waals surface area contributed by atoms with Crippen LogP contribution in [-0.2, 0) is 38.5 Å². The summed E-state index contributed by atoms with van der Waals surface area (Å²) in [5.41, 5.74) is -0.0858. The zero-order valence-corrected chi connectivity index (χ0v) is 18.4. The molecule has 10 nitrogen and oxygen atoms in total. The fourth-order valence-corrected chi connectivity index (χ4v) is 3.83.